The third kappa shape index (κ3) is 5.16. The number of hydrogen-bond donors (Lipinski definition) is 0. The fraction of sp³-hybridized carbons (Fsp3) is 0.235. The Morgan fingerprint density at radius 1 is 1.05 bits per heavy atom. The second kappa shape index (κ2) is 7.74. The number of esters is 1. The molecule has 4 heteroatoms. The molecule has 0 amide bonds. The molecular weight excluding hydrogens is 284 g/mol. The van der Waals surface area contributed by atoms with Crippen molar-refractivity contribution in [3.05, 3.63) is 71.3 Å². The van der Waals surface area contributed by atoms with E-state index in [0.29, 0.717) is 24.3 Å². The summed E-state index contributed by atoms with van der Waals surface area (Å²) in [6.07, 6.45) is 2.34. The average Bonchev–Trinajstić information content (AvgIpc) is 2.48. The summed E-state index contributed by atoms with van der Waals surface area (Å²) in [5.41, 5.74) is 2.53. The van der Waals surface area contributed by atoms with Gasteiger partial charge in [-0.25, -0.2) is 4.79 Å². The van der Waals surface area contributed by atoms with Crippen LogP contribution in [0.25, 0.3) is 0 Å². The van der Waals surface area contributed by atoms with Crippen LogP contribution in [0.15, 0.2) is 54.6 Å². The van der Waals surface area contributed by atoms with E-state index < -0.39 is 10.8 Å². The Labute approximate surface area is 127 Å². The van der Waals surface area contributed by atoms with Crippen molar-refractivity contribution in [2.24, 2.45) is 0 Å². The summed E-state index contributed by atoms with van der Waals surface area (Å²) in [4.78, 5) is 12.0. The fourth-order valence-electron chi connectivity index (χ4n) is 2.01. The smallest absolute Gasteiger partial charge is 0.338 e. The van der Waals surface area contributed by atoms with Crippen molar-refractivity contribution in [1.29, 1.82) is 0 Å². The van der Waals surface area contributed by atoms with Crippen molar-refractivity contribution < 1.29 is 13.7 Å². The maximum Gasteiger partial charge on any atom is 0.338 e. The van der Waals surface area contributed by atoms with Gasteiger partial charge in [0.1, 0.15) is 0 Å². The molecule has 0 bridgehead atoms. The molecule has 0 N–H and O–H groups in total. The lowest BCUT2D eigenvalue weighted by Gasteiger charge is -2.06. The Balaban J connectivity index is 1.89. The molecule has 0 aliphatic heterocycles. The van der Waals surface area contributed by atoms with Crippen LogP contribution in [0.1, 0.15) is 21.5 Å². The molecule has 0 heterocycles. The van der Waals surface area contributed by atoms with E-state index in [0.717, 1.165) is 11.1 Å². The lowest BCUT2D eigenvalue weighted by Crippen LogP contribution is -2.08. The summed E-state index contributed by atoms with van der Waals surface area (Å²) in [6.45, 7) is 0.354. The first-order chi connectivity index (χ1) is 10.1. The maximum absolute atomic E-state index is 12.0. The summed E-state index contributed by atoms with van der Waals surface area (Å²) in [5, 5.41) is 0. The minimum absolute atomic E-state index is 0.338. The van der Waals surface area contributed by atoms with Crippen LogP contribution in [0.3, 0.4) is 0 Å². The zero-order chi connectivity index (χ0) is 15.1. The Morgan fingerprint density at radius 2 is 1.76 bits per heavy atom. The summed E-state index contributed by atoms with van der Waals surface area (Å²) >= 11 is 0. The first kappa shape index (κ1) is 15.4. The second-order valence-electron chi connectivity index (χ2n) is 4.79. The van der Waals surface area contributed by atoms with Crippen LogP contribution in [0.4, 0.5) is 0 Å². The van der Waals surface area contributed by atoms with Gasteiger partial charge in [-0.3, -0.25) is 4.21 Å². The van der Waals surface area contributed by atoms with Gasteiger partial charge in [-0.2, -0.15) is 0 Å². The highest BCUT2D eigenvalue weighted by molar-refractivity contribution is 7.83. The van der Waals surface area contributed by atoms with E-state index in [4.69, 9.17) is 4.74 Å². The predicted octanol–water partition coefficient (Wildman–Crippen LogP) is 2.96. The van der Waals surface area contributed by atoms with Crippen LogP contribution in [-0.4, -0.2) is 23.0 Å². The van der Waals surface area contributed by atoms with Crippen LogP contribution >= 0.6 is 0 Å². The lowest BCUT2D eigenvalue weighted by molar-refractivity contribution is 0.0509. The summed E-state index contributed by atoms with van der Waals surface area (Å²) in [5.74, 6) is 0.111. The van der Waals surface area contributed by atoms with Crippen LogP contribution in [0.2, 0.25) is 0 Å². The molecule has 0 radical (unpaired) electrons. The van der Waals surface area contributed by atoms with Gasteiger partial charge in [0.2, 0.25) is 0 Å². The first-order valence-electron chi connectivity index (χ1n) is 6.75. The number of ether oxygens (including phenoxy) is 1. The zero-order valence-corrected chi connectivity index (χ0v) is 12.8. The van der Waals surface area contributed by atoms with Crippen LogP contribution in [0.5, 0.6) is 0 Å². The molecular formula is C17H18O3S. The fourth-order valence-corrected chi connectivity index (χ4v) is 2.66. The Hall–Kier alpha value is -1.94. The number of carbonyl (C=O) groups excluding carboxylic acids is 1. The molecule has 2 aromatic rings. The van der Waals surface area contributed by atoms with Crippen molar-refractivity contribution >= 4 is 16.8 Å². The van der Waals surface area contributed by atoms with Crippen LogP contribution in [0, 0.1) is 0 Å². The van der Waals surface area contributed by atoms with Crippen molar-refractivity contribution in [2.45, 2.75) is 12.2 Å². The summed E-state index contributed by atoms with van der Waals surface area (Å²) in [6, 6.07) is 17.0. The standard InChI is InChI=1S/C17H18O3S/c1-21(19)13-15-8-5-9-16(12-15)17(18)20-11-10-14-6-3-2-4-7-14/h2-9,12H,10-11,13H2,1H3. The van der Waals surface area contributed by atoms with Gasteiger partial charge in [0.15, 0.2) is 0 Å². The molecule has 1 atom stereocenters. The summed E-state index contributed by atoms with van der Waals surface area (Å²) < 4.78 is 16.5. The van der Waals surface area contributed by atoms with Crippen molar-refractivity contribution in [1.82, 2.24) is 0 Å². The van der Waals surface area contributed by atoms with Gasteiger partial charge in [0.05, 0.1) is 12.2 Å². The summed E-state index contributed by atoms with van der Waals surface area (Å²) in [7, 11) is -0.920. The maximum atomic E-state index is 12.0. The molecule has 21 heavy (non-hydrogen) atoms. The molecule has 2 aromatic carbocycles. The van der Waals surface area contributed by atoms with E-state index in [9.17, 15) is 9.00 Å². The highest BCUT2D eigenvalue weighted by Crippen LogP contribution is 2.09. The highest BCUT2D eigenvalue weighted by atomic mass is 32.2. The lowest BCUT2D eigenvalue weighted by atomic mass is 10.1. The minimum atomic E-state index is -0.920. The third-order valence-electron chi connectivity index (χ3n) is 3.00. The molecule has 1 unspecified atom stereocenters. The SMILES string of the molecule is CS(=O)Cc1cccc(C(=O)OCCc2ccccc2)c1. The second-order valence-corrected chi connectivity index (χ2v) is 6.22. The number of rotatable bonds is 6. The van der Waals surface area contributed by atoms with E-state index in [-0.39, 0.29) is 5.97 Å². The van der Waals surface area contributed by atoms with E-state index >= 15 is 0 Å². The topological polar surface area (TPSA) is 43.4 Å². The third-order valence-corrected chi connectivity index (χ3v) is 3.74. The number of benzene rings is 2. The Bertz CT molecular complexity index is 623. The van der Waals surface area contributed by atoms with E-state index in [2.05, 4.69) is 0 Å². The molecule has 3 nitrogen and oxygen atoms in total. The molecule has 0 fully saturated rings. The monoisotopic (exact) mass is 302 g/mol. The number of hydrogen-bond acceptors (Lipinski definition) is 3. The Morgan fingerprint density at radius 3 is 2.48 bits per heavy atom. The van der Waals surface area contributed by atoms with Gasteiger partial charge in [0.25, 0.3) is 0 Å². The van der Waals surface area contributed by atoms with E-state index in [1.54, 1.807) is 24.5 Å². The van der Waals surface area contributed by atoms with Crippen LogP contribution < -0.4 is 0 Å². The highest BCUT2D eigenvalue weighted by Gasteiger charge is 2.08. The minimum Gasteiger partial charge on any atom is -0.462 e. The van der Waals surface area contributed by atoms with Gasteiger partial charge in [0, 0.05) is 29.2 Å². The molecule has 0 aliphatic carbocycles. The normalized spacial score (nSPS) is 11.9. The van der Waals surface area contributed by atoms with Crippen LogP contribution in [-0.2, 0) is 27.7 Å². The number of carbonyl (C=O) groups is 1. The van der Waals surface area contributed by atoms with Gasteiger partial charge in [-0.15, -0.1) is 0 Å². The Kier molecular flexibility index (Phi) is 5.69. The zero-order valence-electron chi connectivity index (χ0n) is 12.0. The molecule has 0 saturated carbocycles. The van der Waals surface area contributed by atoms with Gasteiger partial charge in [-0.1, -0.05) is 42.5 Å². The van der Waals surface area contributed by atoms with Gasteiger partial charge in [-0.05, 0) is 23.3 Å². The van der Waals surface area contributed by atoms with Crippen molar-refractivity contribution in [2.75, 3.05) is 12.9 Å². The van der Waals surface area contributed by atoms with E-state index in [1.165, 1.54) is 0 Å². The quantitative estimate of drug-likeness (QED) is 0.771. The molecule has 0 spiro atoms. The molecule has 0 aliphatic rings. The van der Waals surface area contributed by atoms with Gasteiger partial charge >= 0.3 is 5.97 Å². The van der Waals surface area contributed by atoms with Crippen molar-refractivity contribution in [3.8, 4) is 0 Å². The first-order valence-corrected chi connectivity index (χ1v) is 8.48. The molecule has 0 saturated heterocycles. The van der Waals surface area contributed by atoms with Gasteiger partial charge < -0.3 is 4.74 Å². The predicted molar refractivity (Wildman–Crippen MR) is 84.6 cm³/mol. The average molecular weight is 302 g/mol. The van der Waals surface area contributed by atoms with E-state index in [1.807, 2.05) is 36.4 Å². The largest absolute Gasteiger partial charge is 0.462 e. The van der Waals surface area contributed by atoms with Crippen molar-refractivity contribution in [3.63, 3.8) is 0 Å². The molecule has 110 valence electrons. The molecule has 0 aromatic heterocycles. The molecule has 2 rings (SSSR count).